The first-order chi connectivity index (χ1) is 7.54. The Labute approximate surface area is 99.1 Å². The molecular weight excluding hydrogens is 222 g/mol. The van der Waals surface area contributed by atoms with E-state index in [1.807, 2.05) is 19.9 Å². The number of amides is 1. The summed E-state index contributed by atoms with van der Waals surface area (Å²) < 4.78 is 0. The molecule has 0 aliphatic carbocycles. The quantitative estimate of drug-likeness (QED) is 0.839. The summed E-state index contributed by atoms with van der Waals surface area (Å²) in [5, 5.41) is 13.8. The number of hydrogen-bond donors (Lipinski definition) is 2. The highest BCUT2D eigenvalue weighted by atomic mass is 32.1. The fourth-order valence-corrected chi connectivity index (χ4v) is 2.05. The van der Waals surface area contributed by atoms with Gasteiger partial charge in [0.2, 0.25) is 5.91 Å². The Balaban J connectivity index is 2.61. The molecule has 1 amide bonds. The van der Waals surface area contributed by atoms with Crippen LogP contribution in [0.4, 0.5) is 5.00 Å². The number of nitrogens with zero attached hydrogens (tertiary/aromatic N) is 1. The lowest BCUT2D eigenvalue weighted by Crippen LogP contribution is -2.36. The monoisotopic (exact) mass is 237 g/mol. The van der Waals surface area contributed by atoms with Crippen LogP contribution in [0.15, 0.2) is 11.4 Å². The number of anilines is 1. The van der Waals surface area contributed by atoms with Crippen molar-refractivity contribution in [3.8, 4) is 6.07 Å². The van der Waals surface area contributed by atoms with Crippen molar-refractivity contribution in [2.75, 3.05) is 5.32 Å². The van der Waals surface area contributed by atoms with E-state index in [9.17, 15) is 4.79 Å². The summed E-state index contributed by atoms with van der Waals surface area (Å²) in [7, 11) is 0. The normalized spacial score (nSPS) is 12.2. The van der Waals surface area contributed by atoms with Crippen molar-refractivity contribution in [1.29, 1.82) is 5.26 Å². The largest absolute Gasteiger partial charge is 0.320 e. The van der Waals surface area contributed by atoms with Gasteiger partial charge < -0.3 is 11.1 Å². The number of carbonyl (C=O) groups excluding carboxylic acids is 1. The molecule has 3 N–H and O–H groups in total. The molecule has 0 bridgehead atoms. The number of nitrogens with two attached hydrogens (primary N) is 1. The van der Waals surface area contributed by atoms with Crippen LogP contribution in [0.5, 0.6) is 0 Å². The van der Waals surface area contributed by atoms with E-state index in [4.69, 9.17) is 11.0 Å². The molecule has 1 heterocycles. The SMILES string of the molecule is CC(C)C[C@@H](N)C(=O)Nc1sccc1C#N. The van der Waals surface area contributed by atoms with Crippen molar-refractivity contribution < 1.29 is 4.79 Å². The van der Waals surface area contributed by atoms with Crippen LogP contribution < -0.4 is 11.1 Å². The average molecular weight is 237 g/mol. The summed E-state index contributed by atoms with van der Waals surface area (Å²) in [6, 6.07) is 3.17. The fraction of sp³-hybridized carbons (Fsp3) is 0.455. The summed E-state index contributed by atoms with van der Waals surface area (Å²) >= 11 is 1.33. The zero-order valence-electron chi connectivity index (χ0n) is 9.36. The average Bonchev–Trinajstić information content (AvgIpc) is 2.64. The predicted molar refractivity (Wildman–Crippen MR) is 65.1 cm³/mol. The van der Waals surface area contributed by atoms with Crippen molar-refractivity contribution in [1.82, 2.24) is 0 Å². The summed E-state index contributed by atoms with van der Waals surface area (Å²) in [5.41, 5.74) is 6.22. The van der Waals surface area contributed by atoms with Gasteiger partial charge in [-0.05, 0) is 23.8 Å². The number of carbonyl (C=O) groups is 1. The highest BCUT2D eigenvalue weighted by Crippen LogP contribution is 2.22. The zero-order chi connectivity index (χ0) is 12.1. The lowest BCUT2D eigenvalue weighted by Gasteiger charge is -2.13. The molecule has 0 aliphatic heterocycles. The summed E-state index contributed by atoms with van der Waals surface area (Å²) in [6.45, 7) is 4.03. The van der Waals surface area contributed by atoms with Gasteiger partial charge in [-0.15, -0.1) is 11.3 Å². The number of hydrogen-bond acceptors (Lipinski definition) is 4. The molecule has 1 atom stereocenters. The van der Waals surface area contributed by atoms with Crippen molar-refractivity contribution >= 4 is 22.2 Å². The van der Waals surface area contributed by atoms with Crippen molar-refractivity contribution in [2.24, 2.45) is 11.7 Å². The maximum atomic E-state index is 11.7. The van der Waals surface area contributed by atoms with Crippen LogP contribution in [-0.4, -0.2) is 11.9 Å². The van der Waals surface area contributed by atoms with Crippen molar-refractivity contribution in [3.05, 3.63) is 17.0 Å². The van der Waals surface area contributed by atoms with Crippen LogP contribution in [0.25, 0.3) is 0 Å². The van der Waals surface area contributed by atoms with Gasteiger partial charge in [-0.2, -0.15) is 5.26 Å². The molecule has 0 saturated carbocycles. The van der Waals surface area contributed by atoms with Crippen LogP contribution in [0.3, 0.4) is 0 Å². The van der Waals surface area contributed by atoms with Gasteiger partial charge in [-0.25, -0.2) is 0 Å². The highest BCUT2D eigenvalue weighted by Gasteiger charge is 2.16. The molecule has 1 aromatic heterocycles. The molecule has 16 heavy (non-hydrogen) atoms. The first-order valence-corrected chi connectivity index (χ1v) is 5.96. The standard InChI is InChI=1S/C11H15N3OS/c1-7(2)5-9(13)10(15)14-11-8(6-12)3-4-16-11/h3-4,7,9H,5,13H2,1-2H3,(H,14,15)/t9-/m1/s1. The molecule has 1 rings (SSSR count). The van der Waals surface area contributed by atoms with E-state index >= 15 is 0 Å². The molecular formula is C11H15N3OS. The topological polar surface area (TPSA) is 78.9 Å². The van der Waals surface area contributed by atoms with Gasteiger partial charge in [0.1, 0.15) is 11.1 Å². The third-order valence-corrected chi connectivity index (χ3v) is 2.91. The second-order valence-electron chi connectivity index (χ2n) is 4.00. The van der Waals surface area contributed by atoms with Crippen LogP contribution >= 0.6 is 11.3 Å². The van der Waals surface area contributed by atoms with Gasteiger partial charge in [0, 0.05) is 0 Å². The second kappa shape index (κ2) is 5.64. The Morgan fingerprint density at radius 2 is 2.38 bits per heavy atom. The van der Waals surface area contributed by atoms with Gasteiger partial charge in [-0.3, -0.25) is 4.79 Å². The minimum Gasteiger partial charge on any atom is -0.320 e. The summed E-state index contributed by atoms with van der Waals surface area (Å²) in [6.07, 6.45) is 0.638. The lowest BCUT2D eigenvalue weighted by atomic mass is 10.0. The van der Waals surface area contributed by atoms with Gasteiger partial charge in [0.15, 0.2) is 0 Å². The van der Waals surface area contributed by atoms with E-state index < -0.39 is 6.04 Å². The minimum atomic E-state index is -0.520. The van der Waals surface area contributed by atoms with E-state index in [-0.39, 0.29) is 5.91 Å². The van der Waals surface area contributed by atoms with Crippen LogP contribution in [0, 0.1) is 17.2 Å². The number of nitrogens with one attached hydrogen (secondary N) is 1. The summed E-state index contributed by atoms with van der Waals surface area (Å²) in [5.74, 6) is 0.146. The summed E-state index contributed by atoms with van der Waals surface area (Å²) in [4.78, 5) is 11.7. The maximum Gasteiger partial charge on any atom is 0.241 e. The van der Waals surface area contributed by atoms with E-state index in [0.29, 0.717) is 22.9 Å². The Morgan fingerprint density at radius 3 is 2.94 bits per heavy atom. The molecule has 86 valence electrons. The molecule has 0 aromatic carbocycles. The smallest absolute Gasteiger partial charge is 0.241 e. The van der Waals surface area contributed by atoms with Gasteiger partial charge >= 0.3 is 0 Å². The first kappa shape index (κ1) is 12.7. The van der Waals surface area contributed by atoms with E-state index in [2.05, 4.69) is 5.32 Å². The fourth-order valence-electron chi connectivity index (χ4n) is 1.31. The number of rotatable bonds is 4. The molecule has 0 fully saturated rings. The molecule has 0 saturated heterocycles. The lowest BCUT2D eigenvalue weighted by molar-refractivity contribution is -0.117. The van der Waals surface area contributed by atoms with Crippen molar-refractivity contribution in [2.45, 2.75) is 26.3 Å². The Morgan fingerprint density at radius 1 is 1.69 bits per heavy atom. The molecule has 1 aromatic rings. The third kappa shape index (κ3) is 3.33. The molecule has 0 aliphatic rings. The van der Waals surface area contributed by atoms with E-state index in [1.165, 1.54) is 11.3 Å². The number of thiophene rings is 1. The third-order valence-electron chi connectivity index (χ3n) is 2.08. The van der Waals surface area contributed by atoms with Gasteiger partial charge in [0.25, 0.3) is 0 Å². The van der Waals surface area contributed by atoms with Crippen LogP contribution in [-0.2, 0) is 4.79 Å². The minimum absolute atomic E-state index is 0.229. The van der Waals surface area contributed by atoms with E-state index in [1.54, 1.807) is 11.4 Å². The van der Waals surface area contributed by atoms with Gasteiger partial charge in [-0.1, -0.05) is 13.8 Å². The van der Waals surface area contributed by atoms with E-state index in [0.717, 1.165) is 0 Å². The zero-order valence-corrected chi connectivity index (χ0v) is 10.2. The van der Waals surface area contributed by atoms with Crippen LogP contribution in [0.1, 0.15) is 25.8 Å². The Bertz CT molecular complexity index is 406. The molecule has 5 heteroatoms. The molecule has 0 unspecified atom stereocenters. The molecule has 0 spiro atoms. The molecule has 4 nitrogen and oxygen atoms in total. The highest BCUT2D eigenvalue weighted by molar-refractivity contribution is 7.14. The second-order valence-corrected chi connectivity index (χ2v) is 4.92. The molecule has 0 radical (unpaired) electrons. The first-order valence-electron chi connectivity index (χ1n) is 5.08. The number of nitriles is 1. The Kier molecular flexibility index (Phi) is 4.47. The Hall–Kier alpha value is -1.38. The van der Waals surface area contributed by atoms with Gasteiger partial charge in [0.05, 0.1) is 11.6 Å². The predicted octanol–water partition coefficient (Wildman–Crippen LogP) is 1.93. The van der Waals surface area contributed by atoms with Crippen LogP contribution in [0.2, 0.25) is 0 Å². The maximum absolute atomic E-state index is 11.7. The van der Waals surface area contributed by atoms with Crippen molar-refractivity contribution in [3.63, 3.8) is 0 Å².